The fourth-order valence-electron chi connectivity index (χ4n) is 5.09. The highest BCUT2D eigenvalue weighted by Crippen LogP contribution is 2.37. The Labute approximate surface area is 232 Å². The summed E-state index contributed by atoms with van der Waals surface area (Å²) in [6, 6.07) is 12.4. The van der Waals surface area contributed by atoms with Crippen LogP contribution < -0.4 is 10.2 Å². The van der Waals surface area contributed by atoms with Gasteiger partial charge in [-0.1, -0.05) is 41.4 Å². The molecule has 4 aromatic rings. The van der Waals surface area contributed by atoms with Crippen LogP contribution in [0.1, 0.15) is 70.5 Å². The smallest absolute Gasteiger partial charge is 0.254 e. The average molecular weight is 550 g/mol. The van der Waals surface area contributed by atoms with Crippen LogP contribution >= 0.6 is 23.2 Å². The van der Waals surface area contributed by atoms with Crippen molar-refractivity contribution in [2.75, 3.05) is 4.90 Å². The van der Waals surface area contributed by atoms with Crippen molar-refractivity contribution in [3.63, 3.8) is 0 Å². The monoisotopic (exact) mass is 548 g/mol. The number of carbonyl (C=O) groups is 1. The molecule has 1 aromatic carbocycles. The van der Waals surface area contributed by atoms with E-state index in [1.165, 1.54) is 18.0 Å². The summed E-state index contributed by atoms with van der Waals surface area (Å²) in [5, 5.41) is 3.44. The van der Waals surface area contributed by atoms with Gasteiger partial charge in [0.2, 0.25) is 0 Å². The van der Waals surface area contributed by atoms with Crippen molar-refractivity contribution >= 4 is 34.8 Å². The summed E-state index contributed by atoms with van der Waals surface area (Å²) in [5.41, 5.74) is 5.75. The predicted octanol–water partition coefficient (Wildman–Crippen LogP) is 6.40. The van der Waals surface area contributed by atoms with Gasteiger partial charge in [0.1, 0.15) is 5.82 Å². The summed E-state index contributed by atoms with van der Waals surface area (Å²) in [7, 11) is 2.02. The minimum Gasteiger partial charge on any atom is -0.357 e. The van der Waals surface area contributed by atoms with Gasteiger partial charge in [0.15, 0.2) is 0 Å². The molecule has 9 heteroatoms. The van der Waals surface area contributed by atoms with Crippen molar-refractivity contribution in [1.29, 1.82) is 0 Å². The van der Waals surface area contributed by atoms with Gasteiger partial charge in [0, 0.05) is 37.5 Å². The van der Waals surface area contributed by atoms with Crippen LogP contribution in [0.4, 0.5) is 5.69 Å². The van der Waals surface area contributed by atoms with Gasteiger partial charge in [0.25, 0.3) is 5.91 Å². The fraction of sp³-hybridized carbons (Fsp3) is 0.310. The maximum Gasteiger partial charge on any atom is 0.254 e. The van der Waals surface area contributed by atoms with Gasteiger partial charge in [-0.05, 0) is 62.4 Å². The number of aromatic nitrogens is 4. The number of anilines is 1. The molecule has 7 nitrogen and oxygen atoms in total. The number of carbonyl (C=O) groups excluding carboxylic acids is 1. The van der Waals surface area contributed by atoms with Crippen molar-refractivity contribution in [2.24, 2.45) is 7.05 Å². The first-order valence-corrected chi connectivity index (χ1v) is 13.5. The first-order chi connectivity index (χ1) is 18.3. The van der Waals surface area contributed by atoms with E-state index in [4.69, 9.17) is 33.2 Å². The van der Waals surface area contributed by atoms with E-state index in [-0.39, 0.29) is 33.6 Å². The van der Waals surface area contributed by atoms with Crippen LogP contribution in [-0.2, 0) is 20.0 Å². The van der Waals surface area contributed by atoms with Crippen molar-refractivity contribution in [1.82, 2.24) is 24.8 Å². The largest absolute Gasteiger partial charge is 0.357 e. The van der Waals surface area contributed by atoms with Crippen LogP contribution in [0.2, 0.25) is 10.0 Å². The summed E-state index contributed by atoms with van der Waals surface area (Å²) in [4.78, 5) is 28.8. The second-order valence-electron chi connectivity index (χ2n) is 9.74. The zero-order valence-corrected chi connectivity index (χ0v) is 23.2. The van der Waals surface area contributed by atoms with E-state index in [1.807, 2.05) is 33.2 Å². The highest BCUT2D eigenvalue weighted by Gasteiger charge is 2.28. The lowest BCUT2D eigenvalue weighted by atomic mass is 9.90. The molecule has 1 aliphatic rings. The number of benzene rings is 1. The third kappa shape index (κ3) is 5.40. The molecular weight excluding hydrogens is 519 g/mol. The van der Waals surface area contributed by atoms with Crippen LogP contribution in [0.5, 0.6) is 0 Å². The highest BCUT2D eigenvalue weighted by atomic mass is 35.5. The molecule has 1 aliphatic carbocycles. The van der Waals surface area contributed by atoms with Gasteiger partial charge < -0.3 is 14.8 Å². The maximum atomic E-state index is 12.9. The third-order valence-electron chi connectivity index (χ3n) is 7.19. The Hall–Kier alpha value is -3.42. The highest BCUT2D eigenvalue weighted by molar-refractivity contribution is 6.39. The maximum absolute atomic E-state index is 12.9. The van der Waals surface area contributed by atoms with Gasteiger partial charge >= 0.3 is 0 Å². The lowest BCUT2D eigenvalue weighted by Gasteiger charge is -2.36. The van der Waals surface area contributed by atoms with Gasteiger partial charge in [0.05, 0.1) is 45.6 Å². The Balaban J connectivity index is 1.41. The van der Waals surface area contributed by atoms with E-state index in [0.717, 1.165) is 47.7 Å². The number of halogens is 2. The molecule has 3 aromatic heterocycles. The number of nitrogens with zero attached hydrogens (tertiary/aromatic N) is 5. The molecule has 5 rings (SSSR count). The van der Waals surface area contributed by atoms with Crippen molar-refractivity contribution in [2.45, 2.75) is 51.7 Å². The number of amides is 1. The normalized spacial score (nSPS) is 15.6. The quantitative estimate of drug-likeness (QED) is 0.289. The molecule has 1 amide bonds. The Kier molecular flexibility index (Phi) is 7.68. The number of imidazole rings is 1. The van der Waals surface area contributed by atoms with E-state index in [9.17, 15) is 4.79 Å². The summed E-state index contributed by atoms with van der Waals surface area (Å²) in [5.74, 6) is 0.646. The lowest BCUT2D eigenvalue weighted by molar-refractivity contribution is 0.0940. The summed E-state index contributed by atoms with van der Waals surface area (Å²) in [6.07, 6.45) is 9.99. The second-order valence-corrected chi connectivity index (χ2v) is 10.6. The van der Waals surface area contributed by atoms with Gasteiger partial charge in [-0.15, -0.1) is 0 Å². The molecule has 0 bridgehead atoms. The Morgan fingerprint density at radius 2 is 1.92 bits per heavy atom. The standard InChI is InChI=1S/C29H30Cl2N6O/c1-18(34-29(38)27-24(30)14-32-15-25(27)31)20-9-11-23(12-10-20)37(17-22-16-36(3)19(2)35-22)26-8-4-6-21-7-5-13-33-28(21)26/h5,7,9-16,18,26H,4,6,8,17H2,1-3H3,(H,34,38). The average Bonchev–Trinajstić information content (AvgIpc) is 3.23. The van der Waals surface area contributed by atoms with E-state index in [1.54, 1.807) is 0 Å². The number of pyridine rings is 2. The molecule has 0 saturated carbocycles. The summed E-state index contributed by atoms with van der Waals surface area (Å²) < 4.78 is 2.05. The van der Waals surface area contributed by atoms with E-state index >= 15 is 0 Å². The summed E-state index contributed by atoms with van der Waals surface area (Å²) >= 11 is 12.3. The summed E-state index contributed by atoms with van der Waals surface area (Å²) in [6.45, 7) is 4.63. The molecule has 2 unspecified atom stereocenters. The lowest BCUT2D eigenvalue weighted by Crippen LogP contribution is -2.32. The Morgan fingerprint density at radius 1 is 1.18 bits per heavy atom. The van der Waals surface area contributed by atoms with Crippen LogP contribution in [0, 0.1) is 6.92 Å². The molecule has 0 saturated heterocycles. The van der Waals surface area contributed by atoms with Gasteiger partial charge in [-0.25, -0.2) is 4.98 Å². The van der Waals surface area contributed by atoms with Crippen LogP contribution in [0.15, 0.2) is 61.2 Å². The zero-order chi connectivity index (χ0) is 26.8. The molecule has 0 aliphatic heterocycles. The molecule has 38 heavy (non-hydrogen) atoms. The molecule has 0 radical (unpaired) electrons. The van der Waals surface area contributed by atoms with E-state index in [0.29, 0.717) is 6.54 Å². The molecule has 0 spiro atoms. The van der Waals surface area contributed by atoms with Crippen molar-refractivity contribution in [3.8, 4) is 0 Å². The van der Waals surface area contributed by atoms with Crippen molar-refractivity contribution < 1.29 is 4.79 Å². The number of rotatable bonds is 7. The molecule has 2 atom stereocenters. The third-order valence-corrected chi connectivity index (χ3v) is 7.76. The number of hydrogen-bond acceptors (Lipinski definition) is 5. The van der Waals surface area contributed by atoms with Gasteiger partial charge in [-0.2, -0.15) is 0 Å². The first kappa shape index (κ1) is 26.2. The number of hydrogen-bond donors (Lipinski definition) is 1. The number of nitrogens with one attached hydrogen (secondary N) is 1. The van der Waals surface area contributed by atoms with Crippen LogP contribution in [0.25, 0.3) is 0 Å². The minimum absolute atomic E-state index is 0.154. The molecule has 1 N–H and O–H groups in total. The topological polar surface area (TPSA) is 75.9 Å². The Morgan fingerprint density at radius 3 is 2.61 bits per heavy atom. The van der Waals surface area contributed by atoms with Gasteiger partial charge in [-0.3, -0.25) is 14.8 Å². The number of fused-ring (bicyclic) bond motifs is 1. The second kappa shape index (κ2) is 11.1. The number of aryl methyl sites for hydroxylation is 3. The molecule has 0 fully saturated rings. The predicted molar refractivity (Wildman–Crippen MR) is 151 cm³/mol. The minimum atomic E-state index is -0.337. The van der Waals surface area contributed by atoms with Crippen LogP contribution in [-0.4, -0.2) is 25.4 Å². The SMILES string of the molecule is Cc1nc(CN(c2ccc(C(C)NC(=O)c3c(Cl)cncc3Cl)cc2)C2CCCc3cccnc32)cn1C. The molecule has 196 valence electrons. The van der Waals surface area contributed by atoms with Crippen molar-refractivity contribution in [3.05, 3.63) is 105 Å². The van der Waals surface area contributed by atoms with Crippen LogP contribution in [0.3, 0.4) is 0 Å². The molecular formula is C29H30Cl2N6O. The first-order valence-electron chi connectivity index (χ1n) is 12.7. The zero-order valence-electron chi connectivity index (χ0n) is 21.7. The van der Waals surface area contributed by atoms with E-state index < -0.39 is 0 Å². The Bertz CT molecular complexity index is 1410. The van der Waals surface area contributed by atoms with E-state index in [2.05, 4.69) is 56.3 Å². The fourth-order valence-corrected chi connectivity index (χ4v) is 5.62. The molecule has 3 heterocycles.